The molecule has 4 heteroatoms. The number of para-hydroxylation sites is 1. The molecular weight excluding hydrogens is 188 g/mol. The number of hydrogen-bond acceptors (Lipinski definition) is 2. The van der Waals surface area contributed by atoms with Gasteiger partial charge in [0.05, 0.1) is 12.5 Å². The molecule has 0 N–H and O–H groups in total. The predicted octanol–water partition coefficient (Wildman–Crippen LogP) is 2.65. The van der Waals surface area contributed by atoms with E-state index in [0.717, 1.165) is 12.1 Å². The molecular formula is C10H9F2NO. The summed E-state index contributed by atoms with van der Waals surface area (Å²) < 4.78 is 31.0. The summed E-state index contributed by atoms with van der Waals surface area (Å²) in [6.07, 6.45) is -0.431. The van der Waals surface area contributed by atoms with Crippen LogP contribution in [0.4, 0.5) is 8.78 Å². The first kappa shape index (κ1) is 10.5. The molecule has 0 spiro atoms. The Morgan fingerprint density at radius 3 is 2.50 bits per heavy atom. The fourth-order valence-corrected chi connectivity index (χ4v) is 0.967. The molecule has 0 aliphatic carbocycles. The van der Waals surface area contributed by atoms with Gasteiger partial charge in [-0.1, -0.05) is 6.07 Å². The van der Waals surface area contributed by atoms with Crippen molar-refractivity contribution in [3.05, 3.63) is 29.8 Å². The molecule has 1 unspecified atom stereocenters. The molecule has 0 aromatic heterocycles. The first-order valence-corrected chi connectivity index (χ1v) is 4.12. The van der Waals surface area contributed by atoms with Crippen molar-refractivity contribution in [3.63, 3.8) is 0 Å². The molecule has 74 valence electrons. The zero-order valence-electron chi connectivity index (χ0n) is 7.63. The van der Waals surface area contributed by atoms with Crippen molar-refractivity contribution in [2.45, 2.75) is 19.4 Å². The summed E-state index contributed by atoms with van der Waals surface area (Å²) >= 11 is 0. The maximum atomic E-state index is 13.0. The van der Waals surface area contributed by atoms with Gasteiger partial charge in [0, 0.05) is 0 Å². The van der Waals surface area contributed by atoms with E-state index in [9.17, 15) is 8.78 Å². The first-order chi connectivity index (χ1) is 6.65. The molecule has 1 rings (SSSR count). The Hall–Kier alpha value is -1.63. The summed E-state index contributed by atoms with van der Waals surface area (Å²) in [5.74, 6) is -1.93. The van der Waals surface area contributed by atoms with Gasteiger partial charge in [0.1, 0.15) is 6.10 Å². The maximum absolute atomic E-state index is 13.0. The van der Waals surface area contributed by atoms with Crippen LogP contribution in [-0.2, 0) is 0 Å². The highest BCUT2D eigenvalue weighted by molar-refractivity contribution is 5.26. The average Bonchev–Trinajstić information content (AvgIpc) is 2.12. The fraction of sp³-hybridized carbons (Fsp3) is 0.300. The molecule has 0 bridgehead atoms. The number of benzene rings is 1. The first-order valence-electron chi connectivity index (χ1n) is 4.12. The van der Waals surface area contributed by atoms with Gasteiger partial charge < -0.3 is 4.74 Å². The Kier molecular flexibility index (Phi) is 3.41. The van der Waals surface area contributed by atoms with E-state index in [2.05, 4.69) is 0 Å². The lowest BCUT2D eigenvalue weighted by Gasteiger charge is -2.12. The van der Waals surface area contributed by atoms with Crippen LogP contribution in [0.25, 0.3) is 0 Å². The van der Waals surface area contributed by atoms with Crippen molar-refractivity contribution in [2.24, 2.45) is 0 Å². The summed E-state index contributed by atoms with van der Waals surface area (Å²) in [4.78, 5) is 0. The third-order valence-corrected chi connectivity index (χ3v) is 1.62. The summed E-state index contributed by atoms with van der Waals surface area (Å²) in [7, 11) is 0. The lowest BCUT2D eigenvalue weighted by atomic mass is 10.3. The highest BCUT2D eigenvalue weighted by Gasteiger charge is 2.12. The van der Waals surface area contributed by atoms with Crippen LogP contribution in [0.1, 0.15) is 13.3 Å². The molecule has 0 aliphatic heterocycles. The van der Waals surface area contributed by atoms with Crippen molar-refractivity contribution in [3.8, 4) is 11.8 Å². The lowest BCUT2D eigenvalue weighted by Crippen LogP contribution is -2.12. The van der Waals surface area contributed by atoms with Gasteiger partial charge in [-0.05, 0) is 19.1 Å². The average molecular weight is 197 g/mol. The molecule has 1 aromatic rings. The quantitative estimate of drug-likeness (QED) is 0.746. The minimum absolute atomic E-state index is 0.0910. The van der Waals surface area contributed by atoms with Gasteiger partial charge in [-0.25, -0.2) is 8.78 Å². The Morgan fingerprint density at radius 2 is 2.00 bits per heavy atom. The third-order valence-electron chi connectivity index (χ3n) is 1.62. The summed E-state index contributed by atoms with van der Waals surface area (Å²) in [6, 6.07) is 5.33. The van der Waals surface area contributed by atoms with Gasteiger partial charge in [-0.2, -0.15) is 5.26 Å². The minimum atomic E-state index is -0.755. The van der Waals surface area contributed by atoms with E-state index in [1.807, 2.05) is 6.07 Å². The second-order valence-corrected chi connectivity index (χ2v) is 2.84. The largest absolute Gasteiger partial charge is 0.484 e. The van der Waals surface area contributed by atoms with Gasteiger partial charge >= 0.3 is 0 Å². The van der Waals surface area contributed by atoms with Crippen LogP contribution >= 0.6 is 0 Å². The van der Waals surface area contributed by atoms with E-state index in [-0.39, 0.29) is 6.42 Å². The Morgan fingerprint density at radius 1 is 1.43 bits per heavy atom. The van der Waals surface area contributed by atoms with Crippen LogP contribution < -0.4 is 4.74 Å². The number of halogens is 2. The SMILES string of the molecule is CC(CC#N)Oc1c(F)cccc1F. The monoisotopic (exact) mass is 197 g/mol. The third kappa shape index (κ3) is 2.43. The van der Waals surface area contributed by atoms with E-state index in [1.54, 1.807) is 6.92 Å². The van der Waals surface area contributed by atoms with Crippen molar-refractivity contribution < 1.29 is 13.5 Å². The number of nitrogens with zero attached hydrogens (tertiary/aromatic N) is 1. The highest BCUT2D eigenvalue weighted by atomic mass is 19.1. The van der Waals surface area contributed by atoms with Gasteiger partial charge in [0.15, 0.2) is 17.4 Å². The molecule has 0 saturated carbocycles. The molecule has 0 radical (unpaired) electrons. The second-order valence-electron chi connectivity index (χ2n) is 2.84. The maximum Gasteiger partial charge on any atom is 0.191 e. The zero-order valence-corrected chi connectivity index (χ0v) is 7.63. The normalized spacial score (nSPS) is 11.9. The molecule has 1 aromatic carbocycles. The number of hydrogen-bond donors (Lipinski definition) is 0. The summed E-state index contributed by atoms with van der Waals surface area (Å²) in [5.41, 5.74) is 0. The molecule has 14 heavy (non-hydrogen) atoms. The van der Waals surface area contributed by atoms with Crippen LogP contribution in [0.3, 0.4) is 0 Å². The van der Waals surface area contributed by atoms with Crippen molar-refractivity contribution >= 4 is 0 Å². The Labute approximate surface area is 80.7 Å². The second kappa shape index (κ2) is 4.56. The molecule has 1 atom stereocenters. The van der Waals surface area contributed by atoms with Crippen LogP contribution in [0.5, 0.6) is 5.75 Å². The van der Waals surface area contributed by atoms with Gasteiger partial charge in [0.25, 0.3) is 0 Å². The number of rotatable bonds is 3. The van der Waals surface area contributed by atoms with Crippen molar-refractivity contribution in [1.82, 2.24) is 0 Å². The lowest BCUT2D eigenvalue weighted by molar-refractivity contribution is 0.206. The van der Waals surface area contributed by atoms with E-state index < -0.39 is 23.5 Å². The van der Waals surface area contributed by atoms with Crippen LogP contribution in [0.15, 0.2) is 18.2 Å². The fourth-order valence-electron chi connectivity index (χ4n) is 0.967. The standard InChI is InChI=1S/C10H9F2NO/c1-7(5-6-13)14-10-8(11)3-2-4-9(10)12/h2-4,7H,5H2,1H3. The molecule has 0 amide bonds. The Balaban J connectivity index is 2.81. The Bertz CT molecular complexity index is 339. The summed E-state index contributed by atoms with van der Waals surface area (Å²) in [6.45, 7) is 1.58. The zero-order chi connectivity index (χ0) is 10.6. The highest BCUT2D eigenvalue weighted by Crippen LogP contribution is 2.22. The van der Waals surface area contributed by atoms with Gasteiger partial charge in [-0.3, -0.25) is 0 Å². The molecule has 0 aliphatic rings. The minimum Gasteiger partial charge on any atom is -0.484 e. The van der Waals surface area contributed by atoms with Crippen LogP contribution in [0, 0.1) is 23.0 Å². The van der Waals surface area contributed by atoms with Gasteiger partial charge in [0.2, 0.25) is 0 Å². The van der Waals surface area contributed by atoms with Crippen molar-refractivity contribution in [2.75, 3.05) is 0 Å². The van der Waals surface area contributed by atoms with E-state index in [1.165, 1.54) is 6.07 Å². The molecule has 0 fully saturated rings. The molecule has 2 nitrogen and oxygen atoms in total. The number of ether oxygens (including phenoxy) is 1. The molecule has 0 heterocycles. The smallest absolute Gasteiger partial charge is 0.191 e. The molecule has 0 saturated heterocycles. The van der Waals surface area contributed by atoms with Crippen LogP contribution in [0.2, 0.25) is 0 Å². The summed E-state index contributed by atoms with van der Waals surface area (Å²) in [5, 5.41) is 8.34. The topological polar surface area (TPSA) is 33.0 Å². The van der Waals surface area contributed by atoms with E-state index in [4.69, 9.17) is 10.00 Å². The number of nitriles is 1. The van der Waals surface area contributed by atoms with Crippen molar-refractivity contribution in [1.29, 1.82) is 5.26 Å². The van der Waals surface area contributed by atoms with Crippen LogP contribution in [-0.4, -0.2) is 6.10 Å². The van der Waals surface area contributed by atoms with E-state index in [0.29, 0.717) is 0 Å². The predicted molar refractivity (Wildman–Crippen MR) is 46.7 cm³/mol. The van der Waals surface area contributed by atoms with E-state index >= 15 is 0 Å². The van der Waals surface area contributed by atoms with Gasteiger partial charge in [-0.15, -0.1) is 0 Å².